The summed E-state index contributed by atoms with van der Waals surface area (Å²) in [5.41, 5.74) is -1.21. The van der Waals surface area contributed by atoms with Crippen LogP contribution in [0.5, 0.6) is 0 Å². The van der Waals surface area contributed by atoms with Crippen LogP contribution in [-0.2, 0) is 10.0 Å². The van der Waals surface area contributed by atoms with E-state index in [9.17, 15) is 16.2 Å². The molecule has 3 rings (SSSR count). The van der Waals surface area contributed by atoms with Gasteiger partial charge >= 0.3 is 0 Å². The van der Waals surface area contributed by atoms with Gasteiger partial charge in [-0.05, 0) is 25.0 Å². The Labute approximate surface area is 117 Å². The summed E-state index contributed by atoms with van der Waals surface area (Å²) >= 11 is 0. The first-order valence-corrected chi connectivity index (χ1v) is 8.90. The van der Waals surface area contributed by atoms with Gasteiger partial charge in [-0.3, -0.25) is 0 Å². The third kappa shape index (κ3) is 2.27. The number of hydrogen-bond donors (Lipinski definition) is 1. The molecule has 0 amide bonds. The molecule has 2 aliphatic rings. The summed E-state index contributed by atoms with van der Waals surface area (Å²) in [7, 11) is -7.92. The highest BCUT2D eigenvalue weighted by molar-refractivity contribution is 8.40. The van der Waals surface area contributed by atoms with Crippen LogP contribution in [0.1, 0.15) is 12.8 Å². The van der Waals surface area contributed by atoms with Crippen molar-refractivity contribution < 1.29 is 16.2 Å². The standard InChI is InChI=1S/C12H12F2N2O2S2/c13-19(14)9-8-15-11(19)12(6-7-12)16-20(17,18)10-4-2-1-3-5-10/h1-5,8-9,16H,6-7H2. The molecule has 108 valence electrons. The lowest BCUT2D eigenvalue weighted by Gasteiger charge is -2.23. The van der Waals surface area contributed by atoms with Gasteiger partial charge in [0.2, 0.25) is 10.0 Å². The highest BCUT2D eigenvalue weighted by Gasteiger charge is 2.57. The van der Waals surface area contributed by atoms with E-state index < -0.39 is 26.4 Å². The molecule has 0 aromatic heterocycles. The lowest BCUT2D eigenvalue weighted by molar-refractivity contribution is 0.574. The largest absolute Gasteiger partial charge is 0.248 e. The second-order valence-corrected chi connectivity index (χ2v) is 8.09. The fourth-order valence-corrected chi connectivity index (χ4v) is 4.93. The van der Waals surface area contributed by atoms with Gasteiger partial charge in [-0.2, -0.15) is 4.72 Å². The van der Waals surface area contributed by atoms with Crippen molar-refractivity contribution in [3.8, 4) is 0 Å². The normalized spacial score (nSPS) is 24.2. The maximum Gasteiger partial charge on any atom is 0.241 e. The summed E-state index contributed by atoms with van der Waals surface area (Å²) in [5.74, 6) is 0. The fraction of sp³-hybridized carbons (Fsp3) is 0.250. The second-order valence-electron chi connectivity index (χ2n) is 4.73. The van der Waals surface area contributed by atoms with E-state index in [1.165, 1.54) is 12.1 Å². The molecule has 1 heterocycles. The number of nitrogens with zero attached hydrogens (tertiary/aromatic N) is 1. The second kappa shape index (κ2) is 4.37. The summed E-state index contributed by atoms with van der Waals surface area (Å²) in [4.78, 5) is 3.76. The van der Waals surface area contributed by atoms with Gasteiger partial charge in [0.1, 0.15) is 15.8 Å². The molecule has 0 atom stereocenters. The van der Waals surface area contributed by atoms with E-state index in [-0.39, 0.29) is 9.94 Å². The predicted octanol–water partition coefficient (Wildman–Crippen LogP) is 2.95. The molecular weight excluding hydrogens is 306 g/mol. The molecule has 1 aromatic rings. The SMILES string of the molecule is O=S(=O)(NC1(C2=NC=CS2(F)F)CC1)c1ccccc1. The van der Waals surface area contributed by atoms with Gasteiger partial charge in [-0.25, -0.2) is 13.4 Å². The van der Waals surface area contributed by atoms with Gasteiger partial charge in [0.15, 0.2) is 0 Å². The molecule has 0 radical (unpaired) electrons. The Balaban J connectivity index is 1.89. The van der Waals surface area contributed by atoms with Crippen LogP contribution in [0.25, 0.3) is 0 Å². The number of hydrogen-bond acceptors (Lipinski definition) is 3. The zero-order valence-corrected chi connectivity index (χ0v) is 11.9. The number of halogens is 2. The number of nitrogens with one attached hydrogen (secondary N) is 1. The first-order chi connectivity index (χ1) is 9.36. The molecule has 1 aliphatic heterocycles. The molecule has 0 spiro atoms. The van der Waals surface area contributed by atoms with Crippen molar-refractivity contribution in [2.45, 2.75) is 23.3 Å². The van der Waals surface area contributed by atoms with E-state index in [4.69, 9.17) is 0 Å². The van der Waals surface area contributed by atoms with Gasteiger partial charge < -0.3 is 0 Å². The topological polar surface area (TPSA) is 58.5 Å². The highest BCUT2D eigenvalue weighted by Crippen LogP contribution is 2.63. The molecule has 0 saturated heterocycles. The number of aliphatic imine (C=N–C) groups is 1. The van der Waals surface area contributed by atoms with E-state index in [0.29, 0.717) is 12.8 Å². The highest BCUT2D eigenvalue weighted by atomic mass is 32.3. The van der Waals surface area contributed by atoms with Gasteiger partial charge in [0.05, 0.1) is 10.4 Å². The maximum absolute atomic E-state index is 13.8. The average molecular weight is 318 g/mol. The fourth-order valence-electron chi connectivity index (χ4n) is 2.09. The summed E-state index contributed by atoms with van der Waals surface area (Å²) in [6.45, 7) is 0. The predicted molar refractivity (Wildman–Crippen MR) is 75.1 cm³/mol. The monoisotopic (exact) mass is 318 g/mol. The summed E-state index contributed by atoms with van der Waals surface area (Å²) in [5, 5.41) is 0.434. The molecule has 0 bridgehead atoms. The Morgan fingerprint density at radius 1 is 1.20 bits per heavy atom. The third-order valence-corrected chi connectivity index (χ3v) is 6.25. The molecule has 1 fully saturated rings. The van der Waals surface area contributed by atoms with Crippen LogP contribution in [0, 0.1) is 0 Å². The third-order valence-electron chi connectivity index (χ3n) is 3.22. The quantitative estimate of drug-likeness (QED) is 0.928. The van der Waals surface area contributed by atoms with Crippen LogP contribution in [0.15, 0.2) is 51.8 Å². The maximum atomic E-state index is 13.8. The van der Waals surface area contributed by atoms with Gasteiger partial charge in [0, 0.05) is 11.6 Å². The van der Waals surface area contributed by atoms with Crippen LogP contribution in [0.3, 0.4) is 0 Å². The molecule has 20 heavy (non-hydrogen) atoms. The van der Waals surface area contributed by atoms with Crippen molar-refractivity contribution in [1.29, 1.82) is 0 Å². The number of benzene rings is 1. The van der Waals surface area contributed by atoms with Crippen LogP contribution in [0.2, 0.25) is 0 Å². The smallest absolute Gasteiger partial charge is 0.241 e. The zero-order valence-electron chi connectivity index (χ0n) is 10.3. The van der Waals surface area contributed by atoms with Gasteiger partial charge in [-0.1, -0.05) is 18.2 Å². The Morgan fingerprint density at radius 2 is 1.85 bits per heavy atom. The van der Waals surface area contributed by atoms with Crippen molar-refractivity contribution in [1.82, 2.24) is 4.72 Å². The van der Waals surface area contributed by atoms with Crippen molar-refractivity contribution in [2.24, 2.45) is 4.99 Å². The lowest BCUT2D eigenvalue weighted by Crippen LogP contribution is -2.43. The Kier molecular flexibility index (Phi) is 3.00. The van der Waals surface area contributed by atoms with Crippen LogP contribution < -0.4 is 4.72 Å². The van der Waals surface area contributed by atoms with E-state index >= 15 is 0 Å². The van der Waals surface area contributed by atoms with Crippen molar-refractivity contribution in [3.05, 3.63) is 41.9 Å². The van der Waals surface area contributed by atoms with Crippen LogP contribution in [-0.4, -0.2) is 19.0 Å². The van der Waals surface area contributed by atoms with Gasteiger partial charge in [-0.15, -0.1) is 7.77 Å². The summed E-state index contributed by atoms with van der Waals surface area (Å²) in [6.07, 6.45) is 1.76. The Bertz CT molecular complexity index is 695. The van der Waals surface area contributed by atoms with Crippen molar-refractivity contribution in [3.63, 3.8) is 0 Å². The van der Waals surface area contributed by atoms with E-state index in [1.807, 2.05) is 0 Å². The first-order valence-electron chi connectivity index (χ1n) is 5.92. The lowest BCUT2D eigenvalue weighted by atomic mass is 10.3. The Hall–Kier alpha value is -1.25. The van der Waals surface area contributed by atoms with Crippen molar-refractivity contribution >= 4 is 25.9 Å². The number of sulfonamides is 1. The van der Waals surface area contributed by atoms with E-state index in [2.05, 4.69) is 9.71 Å². The van der Waals surface area contributed by atoms with Crippen LogP contribution >= 0.6 is 10.8 Å². The number of rotatable bonds is 4. The van der Waals surface area contributed by atoms with E-state index in [0.717, 1.165) is 11.6 Å². The molecular formula is C12H12F2N2O2S2. The Morgan fingerprint density at radius 3 is 2.35 bits per heavy atom. The average Bonchev–Trinajstić information content (AvgIpc) is 3.05. The minimum Gasteiger partial charge on any atom is -0.248 e. The minimum atomic E-state index is -4.09. The molecule has 0 unspecified atom stereocenters. The van der Waals surface area contributed by atoms with Crippen LogP contribution in [0.4, 0.5) is 7.77 Å². The first kappa shape index (κ1) is 13.7. The summed E-state index contributed by atoms with van der Waals surface area (Å²) < 4.78 is 54.4. The minimum absolute atomic E-state index is 0.0659. The molecule has 4 nitrogen and oxygen atoms in total. The zero-order chi connectivity index (χ0) is 14.4. The molecule has 1 aromatic carbocycles. The van der Waals surface area contributed by atoms with E-state index in [1.54, 1.807) is 18.2 Å². The van der Waals surface area contributed by atoms with Gasteiger partial charge in [0.25, 0.3) is 0 Å². The summed E-state index contributed by atoms with van der Waals surface area (Å²) in [6, 6.07) is 7.72. The molecule has 1 aliphatic carbocycles. The molecule has 1 saturated carbocycles. The van der Waals surface area contributed by atoms with Crippen molar-refractivity contribution in [2.75, 3.05) is 0 Å². The molecule has 1 N–H and O–H groups in total. The molecule has 8 heteroatoms.